The van der Waals surface area contributed by atoms with E-state index in [1.165, 1.54) is 0 Å². The number of nitrogens with zero attached hydrogens (tertiary/aromatic N) is 3. The van der Waals surface area contributed by atoms with Crippen molar-refractivity contribution in [3.8, 4) is 67.5 Å². The maximum Gasteiger partial charge on any atom is 0.165 e. The molecule has 4 heteroatoms. The maximum atomic E-state index is 9.40. The van der Waals surface area contributed by atoms with Gasteiger partial charge in [-0.15, -0.1) is 11.3 Å². The molecule has 0 unspecified atom stereocenters. The number of benzene rings is 7. The van der Waals surface area contributed by atoms with Crippen molar-refractivity contribution >= 4 is 31.5 Å². The van der Waals surface area contributed by atoms with Crippen LogP contribution in [0.4, 0.5) is 0 Å². The van der Waals surface area contributed by atoms with Crippen LogP contribution in [0.25, 0.3) is 87.7 Å². The van der Waals surface area contributed by atoms with E-state index in [4.69, 9.17) is 27.3 Å². The molecule has 230 valence electrons. The van der Waals surface area contributed by atoms with E-state index in [1.807, 2.05) is 109 Å². The molecule has 0 fully saturated rings. The summed E-state index contributed by atoms with van der Waals surface area (Å²) in [6, 6.07) is 29.2. The Morgan fingerprint density at radius 1 is 0.408 bits per heavy atom. The fraction of sp³-hybridized carbons (Fsp3) is 0. The van der Waals surface area contributed by atoms with Crippen molar-refractivity contribution < 1.29 is 15.1 Å². The predicted octanol–water partition coefficient (Wildman–Crippen LogP) is 12.2. The van der Waals surface area contributed by atoms with E-state index in [2.05, 4.69) is 0 Å². The second-order valence-corrected chi connectivity index (χ2v) is 12.2. The SMILES string of the molecule is [2H]c1c([2H])c([2H])c(-c2c([2H])c([2H])c3sc4c(-c5nc(-c6ccc(-c7ccccc7)cc6)nc(-c6cccc(-c7ccccc7)c6)n5)c([2H])c([2H])c([2H])c4c3c2[2H])c([2H])c1[2H]. The van der Waals surface area contributed by atoms with Crippen molar-refractivity contribution in [3.63, 3.8) is 0 Å². The van der Waals surface area contributed by atoms with Crippen molar-refractivity contribution in [2.24, 2.45) is 0 Å². The fourth-order valence-electron chi connectivity index (χ4n) is 5.74. The highest BCUT2D eigenvalue weighted by Crippen LogP contribution is 2.41. The lowest BCUT2D eigenvalue weighted by Gasteiger charge is -2.11. The van der Waals surface area contributed by atoms with E-state index in [1.54, 1.807) is 0 Å². The van der Waals surface area contributed by atoms with Gasteiger partial charge in [-0.3, -0.25) is 0 Å². The molecule has 0 radical (unpaired) electrons. The molecule has 0 saturated carbocycles. The molecule has 3 nitrogen and oxygen atoms in total. The average Bonchev–Trinajstić information content (AvgIpc) is 3.69. The van der Waals surface area contributed by atoms with E-state index in [0.29, 0.717) is 11.1 Å². The number of rotatable bonds is 6. The first-order valence-corrected chi connectivity index (χ1v) is 16.3. The molecule has 9 aromatic rings. The summed E-state index contributed by atoms with van der Waals surface area (Å²) in [4.78, 5) is 14.7. The van der Waals surface area contributed by atoms with E-state index in [9.17, 15) is 2.74 Å². The summed E-state index contributed by atoms with van der Waals surface area (Å²) in [5.74, 6) is 0.556. The largest absolute Gasteiger partial charge is 0.208 e. The third kappa shape index (κ3) is 5.58. The number of thiophene rings is 1. The van der Waals surface area contributed by atoms with Crippen LogP contribution < -0.4 is 0 Å². The van der Waals surface area contributed by atoms with Gasteiger partial charge in [0.2, 0.25) is 0 Å². The van der Waals surface area contributed by atoms with Gasteiger partial charge in [-0.2, -0.15) is 0 Å². The Morgan fingerprint density at radius 2 is 1.02 bits per heavy atom. The molecular formula is C45H29N3S. The van der Waals surface area contributed by atoms with Crippen LogP contribution in [-0.4, -0.2) is 15.0 Å². The molecule has 49 heavy (non-hydrogen) atoms. The van der Waals surface area contributed by atoms with Crippen molar-refractivity contribution in [3.05, 3.63) is 176 Å². The first-order valence-electron chi connectivity index (χ1n) is 21.0. The Balaban J connectivity index is 1.32. The quantitative estimate of drug-likeness (QED) is 0.179. The summed E-state index contributed by atoms with van der Waals surface area (Å²) in [6.07, 6.45) is 0. The van der Waals surface area contributed by atoms with Crippen LogP contribution in [0.2, 0.25) is 0 Å². The van der Waals surface area contributed by atoms with Gasteiger partial charge < -0.3 is 0 Å². The minimum Gasteiger partial charge on any atom is -0.208 e. The Labute approximate surface area is 304 Å². The van der Waals surface area contributed by atoms with E-state index < -0.39 is 66.0 Å². The molecule has 0 amide bonds. The monoisotopic (exact) mass is 654 g/mol. The number of aromatic nitrogens is 3. The molecule has 0 aliphatic heterocycles. The minimum absolute atomic E-state index is 0.0114. The lowest BCUT2D eigenvalue weighted by molar-refractivity contribution is 1.08. The van der Waals surface area contributed by atoms with Gasteiger partial charge in [0.05, 0.1) is 15.1 Å². The predicted molar refractivity (Wildman–Crippen MR) is 205 cm³/mol. The zero-order valence-corrected chi connectivity index (χ0v) is 26.5. The van der Waals surface area contributed by atoms with Gasteiger partial charge in [-0.1, -0.05) is 151 Å². The summed E-state index contributed by atoms with van der Waals surface area (Å²) >= 11 is 0.950. The molecule has 0 spiro atoms. The summed E-state index contributed by atoms with van der Waals surface area (Å²) in [5, 5.41) is 0.0130. The second-order valence-electron chi connectivity index (χ2n) is 11.2. The fourth-order valence-corrected chi connectivity index (χ4v) is 6.80. The summed E-state index contributed by atoms with van der Waals surface area (Å²) < 4.78 is 97.0. The van der Waals surface area contributed by atoms with Crippen LogP contribution in [0.15, 0.2) is 176 Å². The highest BCUT2D eigenvalue weighted by atomic mass is 32.1. The Bertz CT molecular complexity index is 3180. The van der Waals surface area contributed by atoms with Crippen molar-refractivity contribution in [1.82, 2.24) is 15.0 Å². The van der Waals surface area contributed by atoms with Gasteiger partial charge in [0.1, 0.15) is 0 Å². The first-order chi connectivity index (χ1) is 28.8. The van der Waals surface area contributed by atoms with Crippen LogP contribution in [0.1, 0.15) is 15.1 Å². The highest BCUT2D eigenvalue weighted by Gasteiger charge is 2.17. The smallest absolute Gasteiger partial charge is 0.165 e. The van der Waals surface area contributed by atoms with E-state index in [0.717, 1.165) is 33.6 Å². The van der Waals surface area contributed by atoms with Gasteiger partial charge in [0.15, 0.2) is 17.5 Å². The van der Waals surface area contributed by atoms with Gasteiger partial charge in [0, 0.05) is 36.9 Å². The summed E-state index contributed by atoms with van der Waals surface area (Å²) in [7, 11) is 0. The van der Waals surface area contributed by atoms with Crippen LogP contribution in [0, 0.1) is 0 Å². The van der Waals surface area contributed by atoms with Crippen LogP contribution in [0.5, 0.6) is 0 Å². The zero-order chi connectivity index (χ0) is 42.1. The van der Waals surface area contributed by atoms with E-state index in [-0.39, 0.29) is 54.8 Å². The molecule has 0 bridgehead atoms. The molecule has 0 N–H and O–H groups in total. The van der Waals surface area contributed by atoms with Crippen LogP contribution >= 0.6 is 11.3 Å². The van der Waals surface area contributed by atoms with Crippen molar-refractivity contribution in [2.45, 2.75) is 0 Å². The first kappa shape index (κ1) is 19.6. The van der Waals surface area contributed by atoms with Gasteiger partial charge in [-0.05, 0) is 57.6 Å². The Morgan fingerprint density at radius 3 is 1.78 bits per heavy atom. The van der Waals surface area contributed by atoms with Gasteiger partial charge in [-0.25, -0.2) is 15.0 Å². The molecule has 0 aliphatic rings. The third-order valence-corrected chi connectivity index (χ3v) is 9.27. The lowest BCUT2D eigenvalue weighted by Crippen LogP contribution is -2.00. The molecule has 0 atom stereocenters. The minimum atomic E-state index is -0.659. The van der Waals surface area contributed by atoms with Gasteiger partial charge in [0.25, 0.3) is 0 Å². The van der Waals surface area contributed by atoms with Crippen molar-refractivity contribution in [2.75, 3.05) is 0 Å². The molecule has 9 rings (SSSR count). The maximum absolute atomic E-state index is 9.40. The Hall–Kier alpha value is -6.23. The molecule has 2 heterocycles. The van der Waals surface area contributed by atoms with Crippen LogP contribution in [0.3, 0.4) is 0 Å². The molecule has 0 saturated heterocycles. The molecule has 7 aromatic carbocycles. The van der Waals surface area contributed by atoms with Crippen LogP contribution in [-0.2, 0) is 0 Å². The Kier molecular flexibility index (Phi) is 4.96. The van der Waals surface area contributed by atoms with Gasteiger partial charge >= 0.3 is 0 Å². The lowest BCUT2D eigenvalue weighted by atomic mass is 10.0. The normalized spacial score (nSPS) is 14.4. The molecular weight excluding hydrogens is 615 g/mol. The highest BCUT2D eigenvalue weighted by molar-refractivity contribution is 7.26. The average molecular weight is 655 g/mol. The number of fused-ring (bicyclic) bond motifs is 3. The number of hydrogen-bond acceptors (Lipinski definition) is 4. The molecule has 2 aromatic heterocycles. The zero-order valence-electron chi connectivity index (χ0n) is 36.6. The topological polar surface area (TPSA) is 38.7 Å². The van der Waals surface area contributed by atoms with Crippen molar-refractivity contribution in [1.29, 1.82) is 0 Å². The number of hydrogen-bond donors (Lipinski definition) is 0. The second kappa shape index (κ2) is 12.4. The standard InChI is InChI=1S/C45H29N3S/c1-4-12-30(13-5-1)33-22-24-34(25-23-33)43-46-44(37-19-10-18-35(28-37)31-14-6-2-7-15-31)48-45(47-43)39-21-11-20-38-40-29-36(32-16-8-3-9-17-32)26-27-41(40)49-42(38)39/h1-29H/i3D,8D,9D,11D,16D,17D,20D,21D,26D,27D,29D. The van der Waals surface area contributed by atoms with E-state index >= 15 is 0 Å². The summed E-state index contributed by atoms with van der Waals surface area (Å²) in [6.45, 7) is 0. The molecule has 0 aliphatic carbocycles. The summed E-state index contributed by atoms with van der Waals surface area (Å²) in [5.41, 5.74) is 4.46. The third-order valence-electron chi connectivity index (χ3n) is 8.15.